The highest BCUT2D eigenvalue weighted by molar-refractivity contribution is 6.62. The lowest BCUT2D eigenvalue weighted by Crippen LogP contribution is -2.41. The van der Waals surface area contributed by atoms with Gasteiger partial charge >= 0.3 is 7.12 Å². The standard InChI is InChI=1S/C17H24BFO4/c1-12(21-20-6)7-8-13-9-10-14(11-15(13)19)18-22-16(2,3)17(4,5)23-18/h7-12H,1-6H3/b8-7+. The summed E-state index contributed by atoms with van der Waals surface area (Å²) in [6.45, 7) is 9.68. The van der Waals surface area contributed by atoms with Gasteiger partial charge in [-0.15, -0.1) is 0 Å². The SMILES string of the molecule is COOC(C)/C=C/c1ccc(B2OC(C)(C)C(C)(C)O2)cc1F. The fraction of sp³-hybridized carbons (Fsp3) is 0.529. The zero-order chi connectivity index (χ0) is 17.3. The molecule has 1 saturated heterocycles. The van der Waals surface area contributed by atoms with Crippen molar-refractivity contribution in [3.63, 3.8) is 0 Å². The van der Waals surface area contributed by atoms with Crippen molar-refractivity contribution in [2.75, 3.05) is 7.11 Å². The monoisotopic (exact) mass is 322 g/mol. The van der Waals surface area contributed by atoms with Gasteiger partial charge in [-0.1, -0.05) is 24.3 Å². The highest BCUT2D eigenvalue weighted by atomic mass is 19.1. The van der Waals surface area contributed by atoms with E-state index in [0.717, 1.165) is 0 Å². The van der Waals surface area contributed by atoms with Crippen molar-refractivity contribution >= 4 is 18.7 Å². The molecule has 2 rings (SSSR count). The highest BCUT2D eigenvalue weighted by Gasteiger charge is 2.51. The molecule has 0 aliphatic carbocycles. The molecule has 0 N–H and O–H groups in total. The highest BCUT2D eigenvalue weighted by Crippen LogP contribution is 2.36. The van der Waals surface area contributed by atoms with Crippen LogP contribution in [0.1, 0.15) is 40.2 Å². The molecule has 0 aromatic heterocycles. The second-order valence-electron chi connectivity index (χ2n) is 6.70. The van der Waals surface area contributed by atoms with Crippen LogP contribution in [-0.2, 0) is 19.1 Å². The fourth-order valence-corrected chi connectivity index (χ4v) is 2.23. The summed E-state index contributed by atoms with van der Waals surface area (Å²) in [5, 5.41) is 0. The van der Waals surface area contributed by atoms with Gasteiger partial charge in [-0.2, -0.15) is 0 Å². The lowest BCUT2D eigenvalue weighted by atomic mass is 9.78. The molecule has 1 heterocycles. The van der Waals surface area contributed by atoms with Crippen LogP contribution < -0.4 is 5.46 Å². The van der Waals surface area contributed by atoms with Crippen LogP contribution in [0.25, 0.3) is 6.08 Å². The fourth-order valence-electron chi connectivity index (χ4n) is 2.23. The third-order valence-corrected chi connectivity index (χ3v) is 4.34. The Balaban J connectivity index is 2.14. The van der Waals surface area contributed by atoms with Crippen molar-refractivity contribution in [1.82, 2.24) is 0 Å². The quantitative estimate of drug-likeness (QED) is 0.474. The molecule has 0 amide bonds. The van der Waals surface area contributed by atoms with Gasteiger partial charge < -0.3 is 9.31 Å². The molecule has 0 radical (unpaired) electrons. The molecule has 1 atom stereocenters. The van der Waals surface area contributed by atoms with Crippen molar-refractivity contribution in [2.45, 2.75) is 51.9 Å². The van der Waals surface area contributed by atoms with Gasteiger partial charge in [0.1, 0.15) is 11.9 Å². The van der Waals surface area contributed by atoms with Crippen molar-refractivity contribution in [1.29, 1.82) is 0 Å². The first-order chi connectivity index (χ1) is 10.7. The van der Waals surface area contributed by atoms with Crippen molar-refractivity contribution < 1.29 is 23.5 Å². The zero-order valence-electron chi connectivity index (χ0n) is 14.6. The first-order valence-corrected chi connectivity index (χ1v) is 7.69. The number of rotatable bonds is 5. The maximum Gasteiger partial charge on any atom is 0.494 e. The Morgan fingerprint density at radius 3 is 2.30 bits per heavy atom. The molecule has 126 valence electrons. The van der Waals surface area contributed by atoms with Gasteiger partial charge in [0.2, 0.25) is 0 Å². The number of halogens is 1. The second kappa shape index (κ2) is 6.73. The summed E-state index contributed by atoms with van der Waals surface area (Å²) in [4.78, 5) is 9.47. The Kier molecular flexibility index (Phi) is 5.31. The molecule has 1 aromatic carbocycles. The zero-order valence-corrected chi connectivity index (χ0v) is 14.6. The normalized spacial score (nSPS) is 21.1. The van der Waals surface area contributed by atoms with Crippen LogP contribution in [-0.4, -0.2) is 31.5 Å². The van der Waals surface area contributed by atoms with Crippen LogP contribution in [0.15, 0.2) is 24.3 Å². The topological polar surface area (TPSA) is 36.9 Å². The number of benzene rings is 1. The van der Waals surface area contributed by atoms with E-state index in [2.05, 4.69) is 4.89 Å². The van der Waals surface area contributed by atoms with Gasteiger partial charge in [-0.25, -0.2) is 14.2 Å². The van der Waals surface area contributed by atoms with E-state index in [4.69, 9.17) is 14.2 Å². The van der Waals surface area contributed by atoms with Crippen LogP contribution in [0, 0.1) is 5.82 Å². The van der Waals surface area contributed by atoms with Crippen LogP contribution in [0.5, 0.6) is 0 Å². The van der Waals surface area contributed by atoms with Gasteiger partial charge in [-0.3, -0.25) is 0 Å². The van der Waals surface area contributed by atoms with Gasteiger partial charge in [0.15, 0.2) is 0 Å². The molecular formula is C17H24BFO4. The van der Waals surface area contributed by atoms with E-state index in [0.29, 0.717) is 11.0 Å². The molecule has 0 saturated carbocycles. The van der Waals surface area contributed by atoms with Crippen LogP contribution in [0.3, 0.4) is 0 Å². The molecule has 0 spiro atoms. The molecule has 1 aliphatic heterocycles. The molecule has 0 bridgehead atoms. The average molecular weight is 322 g/mol. The Labute approximate surface area is 137 Å². The largest absolute Gasteiger partial charge is 0.494 e. The minimum absolute atomic E-state index is 0.262. The lowest BCUT2D eigenvalue weighted by Gasteiger charge is -2.32. The summed E-state index contributed by atoms with van der Waals surface area (Å²) in [5.41, 5.74) is 0.246. The predicted octanol–water partition coefficient (Wildman–Crippen LogP) is 3.10. The lowest BCUT2D eigenvalue weighted by molar-refractivity contribution is -0.289. The minimum atomic E-state index is -0.566. The summed E-state index contributed by atoms with van der Waals surface area (Å²) in [6, 6.07) is 4.96. The van der Waals surface area contributed by atoms with E-state index in [1.165, 1.54) is 13.2 Å². The van der Waals surface area contributed by atoms with E-state index in [1.54, 1.807) is 25.1 Å². The van der Waals surface area contributed by atoms with Crippen LogP contribution >= 0.6 is 0 Å². The van der Waals surface area contributed by atoms with Crippen molar-refractivity contribution in [3.05, 3.63) is 35.7 Å². The van der Waals surface area contributed by atoms with E-state index < -0.39 is 18.3 Å². The second-order valence-corrected chi connectivity index (χ2v) is 6.70. The minimum Gasteiger partial charge on any atom is -0.399 e. The van der Waals surface area contributed by atoms with Crippen LogP contribution in [0.2, 0.25) is 0 Å². The Bertz CT molecular complexity index is 570. The van der Waals surface area contributed by atoms with E-state index in [-0.39, 0.29) is 11.9 Å². The maximum atomic E-state index is 14.3. The molecule has 1 aromatic rings. The van der Waals surface area contributed by atoms with Gasteiger partial charge in [0, 0.05) is 5.56 Å². The summed E-state index contributed by atoms with van der Waals surface area (Å²) in [6.07, 6.45) is 3.12. The molecule has 6 heteroatoms. The average Bonchev–Trinajstić information content (AvgIpc) is 2.66. The van der Waals surface area contributed by atoms with E-state index >= 15 is 0 Å². The molecule has 23 heavy (non-hydrogen) atoms. The third-order valence-electron chi connectivity index (χ3n) is 4.34. The molecule has 1 fully saturated rings. The molecule has 1 unspecified atom stereocenters. The van der Waals surface area contributed by atoms with Crippen LogP contribution in [0.4, 0.5) is 4.39 Å². The van der Waals surface area contributed by atoms with E-state index in [9.17, 15) is 4.39 Å². The van der Waals surface area contributed by atoms with Gasteiger partial charge in [-0.05, 0) is 46.1 Å². The van der Waals surface area contributed by atoms with E-state index in [1.807, 2.05) is 33.8 Å². The molecule has 4 nitrogen and oxygen atoms in total. The molecular weight excluding hydrogens is 298 g/mol. The van der Waals surface area contributed by atoms with Gasteiger partial charge in [0.25, 0.3) is 0 Å². The Morgan fingerprint density at radius 1 is 1.17 bits per heavy atom. The predicted molar refractivity (Wildman–Crippen MR) is 88.7 cm³/mol. The number of hydrogen-bond donors (Lipinski definition) is 0. The summed E-state index contributed by atoms with van der Waals surface area (Å²) >= 11 is 0. The first kappa shape index (κ1) is 18.1. The smallest absolute Gasteiger partial charge is 0.399 e. The van der Waals surface area contributed by atoms with Gasteiger partial charge in [0.05, 0.1) is 18.3 Å². The number of hydrogen-bond acceptors (Lipinski definition) is 4. The Morgan fingerprint density at radius 2 is 1.78 bits per heavy atom. The molecule has 1 aliphatic rings. The summed E-state index contributed by atoms with van der Waals surface area (Å²) in [7, 11) is 0.868. The summed E-state index contributed by atoms with van der Waals surface area (Å²) < 4.78 is 26.2. The Hall–Kier alpha value is -1.21. The van der Waals surface area contributed by atoms with Crippen molar-refractivity contribution in [2.24, 2.45) is 0 Å². The maximum absolute atomic E-state index is 14.3. The first-order valence-electron chi connectivity index (χ1n) is 7.69. The van der Waals surface area contributed by atoms with Crippen molar-refractivity contribution in [3.8, 4) is 0 Å². The summed E-state index contributed by atoms with van der Waals surface area (Å²) in [5.74, 6) is -0.335. The third kappa shape index (κ3) is 4.01.